The molecule has 9 nitrogen and oxygen atoms in total. The predicted octanol–water partition coefficient (Wildman–Crippen LogP) is 3.61. The van der Waals surface area contributed by atoms with Gasteiger partial charge in [0.1, 0.15) is 11.9 Å². The molecule has 0 radical (unpaired) electrons. The number of aryl methyl sites for hydroxylation is 2. The second-order valence-electron chi connectivity index (χ2n) is 8.39. The molecule has 3 N–H and O–H groups in total. The van der Waals surface area contributed by atoms with Crippen LogP contribution in [-0.4, -0.2) is 76.4 Å². The molecule has 0 saturated carbocycles. The fourth-order valence-corrected chi connectivity index (χ4v) is 4.14. The number of nitrogens with one attached hydrogen (secondary N) is 2. The maximum absolute atomic E-state index is 11.8. The number of aliphatic carboxylic acids is 1. The Hall–Kier alpha value is -2.30. The molecule has 1 unspecified atom stereocenters. The number of hydrogen-bond acceptors (Lipinski definition) is 8. The number of rotatable bonds is 15. The van der Waals surface area contributed by atoms with E-state index in [2.05, 4.69) is 53.6 Å². The van der Waals surface area contributed by atoms with Crippen molar-refractivity contribution in [3.63, 3.8) is 0 Å². The predicted molar refractivity (Wildman–Crippen MR) is 136 cm³/mol. The Morgan fingerprint density at radius 2 is 2.09 bits per heavy atom. The first kappa shape index (κ1) is 26.3. The number of anilines is 2. The van der Waals surface area contributed by atoms with Gasteiger partial charge in [0.25, 0.3) is 0 Å². The minimum Gasteiger partial charge on any atom is -0.480 e. The van der Waals surface area contributed by atoms with Gasteiger partial charge in [-0.2, -0.15) is 0 Å². The molecule has 0 saturated heterocycles. The van der Waals surface area contributed by atoms with Gasteiger partial charge in [0.2, 0.25) is 5.95 Å². The van der Waals surface area contributed by atoms with Gasteiger partial charge in [-0.25, -0.2) is 19.7 Å². The molecule has 1 aliphatic heterocycles. The fraction of sp³-hybridized carbons (Fsp3) is 0.583. The average molecular weight is 535 g/mol. The number of ether oxygens (including phenoxy) is 1. The van der Waals surface area contributed by atoms with Crippen LogP contribution < -0.4 is 10.6 Å². The first-order valence-electron chi connectivity index (χ1n) is 12.0. The number of pyridine rings is 1. The summed E-state index contributed by atoms with van der Waals surface area (Å²) in [6, 6.07) is 3.58. The van der Waals surface area contributed by atoms with E-state index in [9.17, 15) is 9.90 Å². The van der Waals surface area contributed by atoms with Gasteiger partial charge in [-0.1, -0.05) is 6.07 Å². The number of carbonyl (C=O) groups is 1. The summed E-state index contributed by atoms with van der Waals surface area (Å²) in [6.07, 6.45) is 8.88. The quantitative estimate of drug-likeness (QED) is 0.295. The highest BCUT2D eigenvalue weighted by atomic mass is 79.9. The third-order valence-corrected chi connectivity index (χ3v) is 6.23. The Bertz CT molecular complexity index is 899. The number of fused-ring (bicyclic) bond motifs is 1. The molecule has 0 aliphatic carbocycles. The summed E-state index contributed by atoms with van der Waals surface area (Å²) >= 11 is 3.29. The van der Waals surface area contributed by atoms with E-state index < -0.39 is 12.0 Å². The molecule has 0 spiro atoms. The summed E-state index contributed by atoms with van der Waals surface area (Å²) < 4.78 is 6.28. The number of carboxylic acids is 1. The zero-order valence-electron chi connectivity index (χ0n) is 19.8. The molecule has 3 rings (SSSR count). The standard InChI is InChI=1S/C24H35BrN6O3/c1-2-34-15-14-31(13-10-21(23(32)33)30-24-27-16-19(25)17-28-24)12-4-3-7-20-9-8-18-6-5-11-26-22(18)29-20/h8-9,16-17,21H,2-7,10-15H2,1H3,(H,26,29)(H,32,33)(H,27,28,30). The lowest BCUT2D eigenvalue weighted by atomic mass is 10.1. The van der Waals surface area contributed by atoms with E-state index in [-0.39, 0.29) is 0 Å². The van der Waals surface area contributed by atoms with Crippen molar-refractivity contribution in [2.24, 2.45) is 0 Å². The molecular weight excluding hydrogens is 500 g/mol. The zero-order chi connectivity index (χ0) is 24.2. The van der Waals surface area contributed by atoms with Crippen LogP contribution in [0, 0.1) is 0 Å². The van der Waals surface area contributed by atoms with Crippen molar-refractivity contribution in [3.05, 3.63) is 40.3 Å². The van der Waals surface area contributed by atoms with Gasteiger partial charge in [-0.15, -0.1) is 0 Å². The van der Waals surface area contributed by atoms with Gasteiger partial charge in [0, 0.05) is 44.3 Å². The highest BCUT2D eigenvalue weighted by molar-refractivity contribution is 9.10. The summed E-state index contributed by atoms with van der Waals surface area (Å²) in [5.41, 5.74) is 2.44. The van der Waals surface area contributed by atoms with Crippen LogP contribution in [0.5, 0.6) is 0 Å². The smallest absolute Gasteiger partial charge is 0.326 e. The number of aromatic nitrogens is 3. The SMILES string of the molecule is CCOCCN(CCCCc1ccc2c(n1)NCCC2)CCC(Nc1ncc(Br)cn1)C(=O)O. The minimum absolute atomic E-state index is 0.309. The third kappa shape index (κ3) is 8.81. The lowest BCUT2D eigenvalue weighted by molar-refractivity contribution is -0.138. The van der Waals surface area contributed by atoms with E-state index in [1.165, 1.54) is 12.0 Å². The second kappa shape index (κ2) is 14.2. The van der Waals surface area contributed by atoms with E-state index in [0.717, 1.165) is 61.3 Å². The molecule has 0 fully saturated rings. The molecular formula is C24H35BrN6O3. The van der Waals surface area contributed by atoms with E-state index in [0.29, 0.717) is 32.1 Å². The Morgan fingerprint density at radius 1 is 1.26 bits per heavy atom. The number of nitrogens with zero attached hydrogens (tertiary/aromatic N) is 4. The molecule has 2 aromatic rings. The second-order valence-corrected chi connectivity index (χ2v) is 9.30. The van der Waals surface area contributed by atoms with Crippen molar-refractivity contribution in [1.29, 1.82) is 0 Å². The lowest BCUT2D eigenvalue weighted by Gasteiger charge is -2.24. The summed E-state index contributed by atoms with van der Waals surface area (Å²) in [4.78, 5) is 27.1. The third-order valence-electron chi connectivity index (χ3n) is 5.82. The zero-order valence-corrected chi connectivity index (χ0v) is 21.4. The van der Waals surface area contributed by atoms with Crippen molar-refractivity contribution in [2.75, 3.05) is 50.0 Å². The van der Waals surface area contributed by atoms with Gasteiger partial charge in [-0.05, 0) is 79.6 Å². The highest BCUT2D eigenvalue weighted by Crippen LogP contribution is 2.20. The van der Waals surface area contributed by atoms with Crippen LogP contribution in [0.2, 0.25) is 0 Å². The molecule has 3 heterocycles. The summed E-state index contributed by atoms with van der Waals surface area (Å²) in [7, 11) is 0. The Kier molecular flexibility index (Phi) is 11.0. The average Bonchev–Trinajstić information content (AvgIpc) is 2.84. The normalized spacial score (nSPS) is 13.9. The van der Waals surface area contributed by atoms with Crippen molar-refractivity contribution in [3.8, 4) is 0 Å². The minimum atomic E-state index is -0.914. The van der Waals surface area contributed by atoms with Crippen LogP contribution in [0.15, 0.2) is 29.0 Å². The molecule has 0 amide bonds. The molecule has 10 heteroatoms. The van der Waals surface area contributed by atoms with Crippen LogP contribution in [0.1, 0.15) is 43.9 Å². The maximum Gasteiger partial charge on any atom is 0.326 e. The van der Waals surface area contributed by atoms with Crippen molar-refractivity contribution < 1.29 is 14.6 Å². The Balaban J connectivity index is 1.47. The molecule has 0 aromatic carbocycles. The van der Waals surface area contributed by atoms with Crippen LogP contribution in [0.4, 0.5) is 11.8 Å². The fourth-order valence-electron chi connectivity index (χ4n) is 3.93. The largest absolute Gasteiger partial charge is 0.480 e. The van der Waals surface area contributed by atoms with Gasteiger partial charge in [-0.3, -0.25) is 0 Å². The van der Waals surface area contributed by atoms with Crippen LogP contribution in [-0.2, 0) is 22.4 Å². The van der Waals surface area contributed by atoms with Crippen molar-refractivity contribution in [2.45, 2.75) is 51.5 Å². The molecule has 0 bridgehead atoms. The summed E-state index contributed by atoms with van der Waals surface area (Å²) in [6.45, 7) is 6.59. The monoisotopic (exact) mass is 534 g/mol. The van der Waals surface area contributed by atoms with Crippen LogP contribution in [0.3, 0.4) is 0 Å². The first-order chi connectivity index (χ1) is 16.5. The van der Waals surface area contributed by atoms with Gasteiger partial charge in [0.15, 0.2) is 0 Å². The van der Waals surface area contributed by atoms with E-state index >= 15 is 0 Å². The number of hydrogen-bond donors (Lipinski definition) is 3. The number of halogens is 1. The molecule has 34 heavy (non-hydrogen) atoms. The molecule has 2 aromatic heterocycles. The van der Waals surface area contributed by atoms with Crippen molar-refractivity contribution >= 4 is 33.7 Å². The molecule has 186 valence electrons. The topological polar surface area (TPSA) is 113 Å². The Labute approximate surface area is 209 Å². The first-order valence-corrected chi connectivity index (χ1v) is 12.8. The Morgan fingerprint density at radius 3 is 2.85 bits per heavy atom. The summed E-state index contributed by atoms with van der Waals surface area (Å²) in [5.74, 6) is 0.441. The van der Waals surface area contributed by atoms with Crippen LogP contribution in [0.25, 0.3) is 0 Å². The van der Waals surface area contributed by atoms with Crippen molar-refractivity contribution in [1.82, 2.24) is 19.9 Å². The van der Waals surface area contributed by atoms with Crippen LogP contribution >= 0.6 is 15.9 Å². The number of carboxylic acid groups (broad SMARTS) is 1. The van der Waals surface area contributed by atoms with E-state index in [1.54, 1.807) is 12.4 Å². The lowest BCUT2D eigenvalue weighted by Crippen LogP contribution is -2.37. The highest BCUT2D eigenvalue weighted by Gasteiger charge is 2.20. The van der Waals surface area contributed by atoms with Gasteiger partial charge in [0.05, 0.1) is 11.1 Å². The van der Waals surface area contributed by atoms with E-state index in [4.69, 9.17) is 9.72 Å². The van der Waals surface area contributed by atoms with Gasteiger partial charge < -0.3 is 25.4 Å². The maximum atomic E-state index is 11.8. The number of unbranched alkanes of at least 4 members (excludes halogenated alkanes) is 1. The summed E-state index contributed by atoms with van der Waals surface area (Å²) in [5, 5.41) is 16.0. The van der Waals surface area contributed by atoms with E-state index in [1.807, 2.05) is 6.92 Å². The molecule has 1 atom stereocenters. The molecule has 1 aliphatic rings. The van der Waals surface area contributed by atoms with Gasteiger partial charge >= 0.3 is 5.97 Å².